The average molecular weight is 455 g/mol. The number of carbonyl (C=O) groups is 3. The quantitative estimate of drug-likeness (QED) is 0.533. The van der Waals surface area contributed by atoms with E-state index in [-0.39, 0.29) is 10.1 Å². The normalized spacial score (nSPS) is 15.8. The zero-order valence-electron chi connectivity index (χ0n) is 18.3. The number of aliphatic carboxylic acids is 1. The minimum absolute atomic E-state index is 0.252. The van der Waals surface area contributed by atoms with Gasteiger partial charge in [0, 0.05) is 24.3 Å². The highest BCUT2D eigenvalue weighted by atomic mass is 32.2. The minimum atomic E-state index is -1.06. The zero-order valence-corrected chi connectivity index (χ0v) is 19.1. The van der Waals surface area contributed by atoms with Crippen molar-refractivity contribution in [2.45, 2.75) is 33.3 Å². The first-order valence-electron chi connectivity index (χ1n) is 10.5. The summed E-state index contributed by atoms with van der Waals surface area (Å²) in [6.45, 7) is 7.59. The first kappa shape index (κ1) is 23.4. The van der Waals surface area contributed by atoms with E-state index in [1.807, 2.05) is 12.1 Å². The highest BCUT2D eigenvalue weighted by Gasteiger charge is 2.36. The average Bonchev–Trinajstić information content (AvgIpc) is 3.07. The van der Waals surface area contributed by atoms with Crippen molar-refractivity contribution in [2.75, 3.05) is 22.9 Å². The van der Waals surface area contributed by atoms with Crippen molar-refractivity contribution in [1.29, 1.82) is 0 Å². The second-order valence-electron chi connectivity index (χ2n) is 7.10. The van der Waals surface area contributed by atoms with E-state index in [0.29, 0.717) is 23.4 Å². The minimum Gasteiger partial charge on any atom is -0.479 e. The lowest BCUT2D eigenvalue weighted by Crippen LogP contribution is -2.28. The summed E-state index contributed by atoms with van der Waals surface area (Å²) in [5.74, 6) is -1.14. The van der Waals surface area contributed by atoms with Crippen LogP contribution in [-0.2, 0) is 9.59 Å². The smallest absolute Gasteiger partial charge is 0.344 e. The molecular weight excluding hydrogens is 428 g/mol. The van der Waals surface area contributed by atoms with Gasteiger partial charge in [-0.05, 0) is 68.4 Å². The van der Waals surface area contributed by atoms with Crippen molar-refractivity contribution in [3.63, 3.8) is 0 Å². The van der Waals surface area contributed by atoms with Crippen molar-refractivity contribution >= 4 is 46.3 Å². The van der Waals surface area contributed by atoms with Gasteiger partial charge in [-0.2, -0.15) is 0 Å². The number of thioether (sulfide) groups is 1. The van der Waals surface area contributed by atoms with E-state index in [4.69, 9.17) is 4.74 Å². The van der Waals surface area contributed by atoms with Gasteiger partial charge in [0.15, 0.2) is 6.10 Å². The summed E-state index contributed by atoms with van der Waals surface area (Å²) in [7, 11) is 0. The SMILES string of the molecule is CCC(Oc1ccccc1/C=C1/SC(=O)N(c2ccc(N(CC)CC)cc2)C1=O)C(=O)O. The fraction of sp³-hybridized carbons (Fsp3) is 0.292. The third kappa shape index (κ3) is 4.96. The van der Waals surface area contributed by atoms with Crippen LogP contribution in [0.5, 0.6) is 5.75 Å². The zero-order chi connectivity index (χ0) is 23.3. The van der Waals surface area contributed by atoms with Gasteiger partial charge in [-0.1, -0.05) is 25.1 Å². The van der Waals surface area contributed by atoms with Crippen molar-refractivity contribution in [3.8, 4) is 5.75 Å². The van der Waals surface area contributed by atoms with E-state index in [9.17, 15) is 19.5 Å². The molecule has 32 heavy (non-hydrogen) atoms. The Morgan fingerprint density at radius 2 is 1.75 bits per heavy atom. The number of carboxylic acid groups (broad SMARTS) is 1. The summed E-state index contributed by atoms with van der Waals surface area (Å²) in [4.78, 5) is 40.6. The molecule has 0 radical (unpaired) electrons. The lowest BCUT2D eigenvalue weighted by atomic mass is 10.1. The van der Waals surface area contributed by atoms with Gasteiger partial charge in [0.2, 0.25) is 0 Å². The largest absolute Gasteiger partial charge is 0.479 e. The molecule has 2 aromatic rings. The summed E-state index contributed by atoms with van der Waals surface area (Å²) in [6, 6.07) is 14.2. The summed E-state index contributed by atoms with van der Waals surface area (Å²) < 4.78 is 5.63. The predicted octanol–water partition coefficient (Wildman–Crippen LogP) is 5.02. The Morgan fingerprint density at radius 3 is 2.34 bits per heavy atom. The molecule has 1 saturated heterocycles. The number of para-hydroxylation sites is 1. The van der Waals surface area contributed by atoms with Crippen LogP contribution < -0.4 is 14.5 Å². The Kier molecular flexibility index (Phi) is 7.58. The molecule has 0 aromatic heterocycles. The molecule has 0 aliphatic carbocycles. The monoisotopic (exact) mass is 454 g/mol. The number of imide groups is 1. The molecule has 1 N–H and O–H groups in total. The number of carbonyl (C=O) groups excluding carboxylic acids is 2. The molecule has 0 spiro atoms. The number of benzene rings is 2. The molecular formula is C24H26N2O5S. The molecule has 1 aliphatic rings. The van der Waals surface area contributed by atoms with Gasteiger partial charge in [0.1, 0.15) is 5.75 Å². The Bertz CT molecular complexity index is 1030. The number of hydrogen-bond acceptors (Lipinski definition) is 6. The Labute approximate surface area is 191 Å². The summed E-state index contributed by atoms with van der Waals surface area (Å²) in [5.41, 5.74) is 2.07. The Hall–Kier alpha value is -3.26. The van der Waals surface area contributed by atoms with Gasteiger partial charge in [-0.15, -0.1) is 0 Å². The third-order valence-electron chi connectivity index (χ3n) is 5.15. The fourth-order valence-corrected chi connectivity index (χ4v) is 4.23. The second kappa shape index (κ2) is 10.4. The van der Waals surface area contributed by atoms with Gasteiger partial charge in [0.25, 0.3) is 11.1 Å². The van der Waals surface area contributed by atoms with Gasteiger partial charge in [-0.3, -0.25) is 9.59 Å². The highest BCUT2D eigenvalue weighted by Crippen LogP contribution is 2.37. The summed E-state index contributed by atoms with van der Waals surface area (Å²) in [6.07, 6.45) is 0.867. The number of nitrogens with zero attached hydrogens (tertiary/aromatic N) is 2. The number of carboxylic acids is 1. The maximum atomic E-state index is 13.0. The van der Waals surface area contributed by atoms with Crippen LogP contribution in [0.3, 0.4) is 0 Å². The second-order valence-corrected chi connectivity index (χ2v) is 8.09. The number of amides is 2. The molecule has 0 saturated carbocycles. The molecule has 0 bridgehead atoms. The van der Waals surface area contributed by atoms with Gasteiger partial charge >= 0.3 is 5.97 Å². The van der Waals surface area contributed by atoms with Crippen LogP contribution in [-0.4, -0.2) is 41.4 Å². The first-order valence-corrected chi connectivity index (χ1v) is 11.3. The Balaban J connectivity index is 1.86. The van der Waals surface area contributed by atoms with Crippen molar-refractivity contribution < 1.29 is 24.2 Å². The molecule has 3 rings (SSSR count). The lowest BCUT2D eigenvalue weighted by Gasteiger charge is -2.22. The maximum absolute atomic E-state index is 13.0. The van der Waals surface area contributed by atoms with E-state index < -0.39 is 18.0 Å². The Morgan fingerprint density at radius 1 is 1.09 bits per heavy atom. The van der Waals surface area contributed by atoms with Crippen LogP contribution in [0.2, 0.25) is 0 Å². The molecule has 1 atom stereocenters. The lowest BCUT2D eigenvalue weighted by molar-refractivity contribution is -0.145. The molecule has 1 heterocycles. The van der Waals surface area contributed by atoms with E-state index in [2.05, 4.69) is 18.7 Å². The molecule has 2 amide bonds. The third-order valence-corrected chi connectivity index (χ3v) is 6.02. The number of anilines is 2. The van der Waals surface area contributed by atoms with Gasteiger partial charge in [-0.25, -0.2) is 9.69 Å². The number of ether oxygens (including phenoxy) is 1. The van der Waals surface area contributed by atoms with Crippen LogP contribution in [0, 0.1) is 0 Å². The fourth-order valence-electron chi connectivity index (χ4n) is 3.40. The maximum Gasteiger partial charge on any atom is 0.344 e. The van der Waals surface area contributed by atoms with Crippen molar-refractivity contribution in [2.24, 2.45) is 0 Å². The first-order chi connectivity index (χ1) is 15.4. The van der Waals surface area contributed by atoms with Gasteiger partial charge < -0.3 is 14.7 Å². The molecule has 7 nitrogen and oxygen atoms in total. The summed E-state index contributed by atoms with van der Waals surface area (Å²) >= 11 is 0.847. The van der Waals surface area contributed by atoms with E-state index in [1.165, 1.54) is 0 Å². The van der Waals surface area contributed by atoms with E-state index in [1.54, 1.807) is 49.4 Å². The van der Waals surface area contributed by atoms with Gasteiger partial charge in [0.05, 0.1) is 10.6 Å². The van der Waals surface area contributed by atoms with Crippen molar-refractivity contribution in [3.05, 3.63) is 59.0 Å². The number of rotatable bonds is 9. The van der Waals surface area contributed by atoms with Crippen LogP contribution in [0.15, 0.2) is 53.4 Å². The van der Waals surface area contributed by atoms with Crippen LogP contribution in [0.1, 0.15) is 32.8 Å². The predicted molar refractivity (Wildman–Crippen MR) is 127 cm³/mol. The topological polar surface area (TPSA) is 87.2 Å². The van der Waals surface area contributed by atoms with E-state index in [0.717, 1.165) is 35.4 Å². The van der Waals surface area contributed by atoms with Crippen molar-refractivity contribution in [1.82, 2.24) is 0 Å². The highest BCUT2D eigenvalue weighted by molar-refractivity contribution is 8.19. The summed E-state index contributed by atoms with van der Waals surface area (Å²) in [5, 5.41) is 8.90. The molecule has 168 valence electrons. The molecule has 1 fully saturated rings. The van der Waals surface area contributed by atoms with Crippen LogP contribution in [0.25, 0.3) is 6.08 Å². The molecule has 1 unspecified atom stereocenters. The van der Waals surface area contributed by atoms with Crippen LogP contribution >= 0.6 is 11.8 Å². The van der Waals surface area contributed by atoms with E-state index >= 15 is 0 Å². The van der Waals surface area contributed by atoms with Crippen LogP contribution in [0.4, 0.5) is 16.2 Å². The standard InChI is InChI=1S/C24H26N2O5S/c1-4-19(23(28)29)31-20-10-8-7-9-16(20)15-21-22(27)26(24(30)32-21)18-13-11-17(12-14-18)25(5-2)6-3/h7-15,19H,4-6H2,1-3H3,(H,28,29)/b21-15+. The number of hydrogen-bond donors (Lipinski definition) is 1. The molecule has 8 heteroatoms. The molecule has 2 aromatic carbocycles. The molecule has 1 aliphatic heterocycles.